The second-order valence-electron chi connectivity index (χ2n) is 3.04. The maximum absolute atomic E-state index is 11.0. The first-order valence-electron chi connectivity index (χ1n) is 4.72. The quantitative estimate of drug-likeness (QED) is 0.352. The van der Waals surface area contributed by atoms with Crippen LogP contribution in [-0.4, -0.2) is 34.7 Å². The Hall–Kier alpha value is -2.90. The van der Waals surface area contributed by atoms with E-state index in [9.17, 15) is 9.59 Å². The molecule has 8 nitrogen and oxygen atoms in total. The van der Waals surface area contributed by atoms with Gasteiger partial charge in [-0.25, -0.2) is 0 Å². The van der Waals surface area contributed by atoms with Gasteiger partial charge in [-0.2, -0.15) is 0 Å². The van der Waals surface area contributed by atoms with E-state index in [-0.39, 0.29) is 0 Å². The van der Waals surface area contributed by atoms with Crippen molar-refractivity contribution in [2.24, 2.45) is 10.3 Å². The van der Waals surface area contributed by atoms with E-state index < -0.39 is 11.8 Å². The molecule has 2 amide bonds. The van der Waals surface area contributed by atoms with Gasteiger partial charge in [0.05, 0.1) is 0 Å². The Morgan fingerprint density at radius 1 is 0.889 bits per heavy atom. The largest absolute Gasteiger partial charge is 0.411 e. The molecule has 0 aromatic heterocycles. The average molecular weight is 250 g/mol. The minimum absolute atomic E-state index is 0.466. The molecular formula is C10H10N4O4. The normalized spacial score (nSPS) is 10.7. The fourth-order valence-corrected chi connectivity index (χ4v) is 1.09. The van der Waals surface area contributed by atoms with Gasteiger partial charge in [-0.3, -0.25) is 9.59 Å². The standard InChI is InChI=1S/C10H10N4O4/c15-9(5-11-17)13-7-1-2-8(4-3-7)14-10(16)6-12-18/h1-6,17-18H,(H,13,15)(H,14,16). The minimum Gasteiger partial charge on any atom is -0.411 e. The number of oxime groups is 2. The third-order valence-electron chi connectivity index (χ3n) is 1.77. The number of hydrogen-bond acceptors (Lipinski definition) is 6. The SMILES string of the molecule is O=C(C=NO)Nc1ccc(NC(=O)C=NO)cc1. The number of carbonyl (C=O) groups is 2. The third kappa shape index (κ3) is 4.31. The molecule has 0 aliphatic rings. The molecule has 0 heterocycles. The van der Waals surface area contributed by atoms with E-state index in [0.717, 1.165) is 0 Å². The number of hydrogen-bond donors (Lipinski definition) is 4. The van der Waals surface area contributed by atoms with Crippen LogP contribution in [0.3, 0.4) is 0 Å². The molecule has 1 aromatic rings. The zero-order chi connectivity index (χ0) is 13.4. The number of carbonyl (C=O) groups excluding carboxylic acids is 2. The molecule has 0 aliphatic heterocycles. The van der Waals surface area contributed by atoms with Crippen molar-refractivity contribution in [3.63, 3.8) is 0 Å². The van der Waals surface area contributed by atoms with E-state index in [4.69, 9.17) is 10.4 Å². The maximum atomic E-state index is 11.0. The Morgan fingerprint density at radius 2 is 1.22 bits per heavy atom. The summed E-state index contributed by atoms with van der Waals surface area (Å²) in [6, 6.07) is 6.15. The van der Waals surface area contributed by atoms with E-state index in [1.54, 1.807) is 0 Å². The Balaban J connectivity index is 2.62. The molecule has 18 heavy (non-hydrogen) atoms. The number of nitrogens with one attached hydrogen (secondary N) is 2. The van der Waals surface area contributed by atoms with Crippen LogP contribution in [0, 0.1) is 0 Å². The van der Waals surface area contributed by atoms with E-state index in [2.05, 4.69) is 20.9 Å². The van der Waals surface area contributed by atoms with E-state index in [0.29, 0.717) is 23.8 Å². The topological polar surface area (TPSA) is 123 Å². The first-order valence-corrected chi connectivity index (χ1v) is 4.72. The Morgan fingerprint density at radius 3 is 1.50 bits per heavy atom. The molecule has 0 bridgehead atoms. The predicted molar refractivity (Wildman–Crippen MR) is 64.3 cm³/mol. The lowest BCUT2D eigenvalue weighted by Crippen LogP contribution is -2.14. The molecule has 8 heteroatoms. The Kier molecular flexibility index (Phi) is 4.85. The third-order valence-corrected chi connectivity index (χ3v) is 1.77. The maximum Gasteiger partial charge on any atom is 0.270 e. The first-order chi connectivity index (χ1) is 8.65. The van der Waals surface area contributed by atoms with Crippen molar-refractivity contribution >= 4 is 35.6 Å². The average Bonchev–Trinajstić information content (AvgIpc) is 2.32. The summed E-state index contributed by atoms with van der Waals surface area (Å²) < 4.78 is 0. The summed E-state index contributed by atoms with van der Waals surface area (Å²) in [7, 11) is 0. The summed E-state index contributed by atoms with van der Waals surface area (Å²) in [5.74, 6) is -1.16. The molecule has 0 atom stereocenters. The molecule has 0 spiro atoms. The monoisotopic (exact) mass is 250 g/mol. The number of anilines is 2. The highest BCUT2D eigenvalue weighted by Crippen LogP contribution is 2.12. The van der Waals surface area contributed by atoms with Crippen molar-refractivity contribution in [3.8, 4) is 0 Å². The lowest BCUT2D eigenvalue weighted by Gasteiger charge is -2.04. The minimum atomic E-state index is -0.582. The van der Waals surface area contributed by atoms with Gasteiger partial charge in [0.15, 0.2) is 0 Å². The summed E-state index contributed by atoms with van der Waals surface area (Å²) in [6.45, 7) is 0. The second kappa shape index (κ2) is 6.63. The van der Waals surface area contributed by atoms with Crippen LogP contribution >= 0.6 is 0 Å². The number of nitrogens with zero attached hydrogens (tertiary/aromatic N) is 2. The number of rotatable bonds is 4. The van der Waals surface area contributed by atoms with Gasteiger partial charge in [0.25, 0.3) is 11.8 Å². The van der Waals surface area contributed by atoms with Gasteiger partial charge < -0.3 is 21.0 Å². The van der Waals surface area contributed by atoms with Crippen LogP contribution in [0.4, 0.5) is 11.4 Å². The van der Waals surface area contributed by atoms with Gasteiger partial charge in [0.1, 0.15) is 12.4 Å². The summed E-state index contributed by atoms with van der Waals surface area (Å²) in [5.41, 5.74) is 0.933. The van der Waals surface area contributed by atoms with Crippen LogP contribution in [0.2, 0.25) is 0 Å². The molecule has 0 saturated carbocycles. The Labute approximate surface area is 102 Å². The molecular weight excluding hydrogens is 240 g/mol. The molecule has 0 unspecified atom stereocenters. The van der Waals surface area contributed by atoms with Crippen molar-refractivity contribution in [2.75, 3.05) is 10.6 Å². The molecule has 0 radical (unpaired) electrons. The Bertz CT molecular complexity index is 436. The smallest absolute Gasteiger partial charge is 0.270 e. The number of amides is 2. The molecule has 94 valence electrons. The summed E-state index contributed by atoms with van der Waals surface area (Å²) in [4.78, 5) is 22.1. The first kappa shape index (κ1) is 13.2. The fraction of sp³-hybridized carbons (Fsp3) is 0. The highest BCUT2D eigenvalue weighted by molar-refractivity contribution is 6.32. The zero-order valence-corrected chi connectivity index (χ0v) is 9.07. The van der Waals surface area contributed by atoms with Gasteiger partial charge in [0, 0.05) is 11.4 Å². The summed E-state index contributed by atoms with van der Waals surface area (Å²) >= 11 is 0. The van der Waals surface area contributed by atoms with Crippen molar-refractivity contribution in [1.29, 1.82) is 0 Å². The lowest BCUT2D eigenvalue weighted by atomic mass is 10.2. The summed E-state index contributed by atoms with van der Waals surface area (Å²) in [5, 5.41) is 26.3. The molecule has 0 aliphatic carbocycles. The molecule has 1 rings (SSSR count). The van der Waals surface area contributed by atoms with Gasteiger partial charge in [-0.15, -0.1) is 0 Å². The van der Waals surface area contributed by atoms with Crippen LogP contribution in [-0.2, 0) is 9.59 Å². The van der Waals surface area contributed by atoms with Crippen LogP contribution in [0.5, 0.6) is 0 Å². The highest BCUT2D eigenvalue weighted by atomic mass is 16.4. The van der Waals surface area contributed by atoms with Crippen LogP contribution in [0.25, 0.3) is 0 Å². The van der Waals surface area contributed by atoms with Crippen LogP contribution < -0.4 is 10.6 Å². The molecule has 0 saturated heterocycles. The van der Waals surface area contributed by atoms with Crippen molar-refractivity contribution in [2.45, 2.75) is 0 Å². The van der Waals surface area contributed by atoms with Gasteiger partial charge in [0.2, 0.25) is 0 Å². The zero-order valence-electron chi connectivity index (χ0n) is 9.07. The van der Waals surface area contributed by atoms with E-state index >= 15 is 0 Å². The van der Waals surface area contributed by atoms with Crippen LogP contribution in [0.1, 0.15) is 0 Å². The lowest BCUT2D eigenvalue weighted by molar-refractivity contribution is -0.110. The highest BCUT2D eigenvalue weighted by Gasteiger charge is 2.01. The van der Waals surface area contributed by atoms with Crippen molar-refractivity contribution in [1.82, 2.24) is 0 Å². The molecule has 0 fully saturated rings. The van der Waals surface area contributed by atoms with E-state index in [1.165, 1.54) is 24.3 Å². The van der Waals surface area contributed by atoms with Crippen molar-refractivity contribution < 1.29 is 20.0 Å². The fourth-order valence-electron chi connectivity index (χ4n) is 1.09. The van der Waals surface area contributed by atoms with Gasteiger partial charge >= 0.3 is 0 Å². The molecule has 1 aromatic carbocycles. The van der Waals surface area contributed by atoms with Crippen molar-refractivity contribution in [3.05, 3.63) is 24.3 Å². The number of benzene rings is 1. The van der Waals surface area contributed by atoms with Gasteiger partial charge in [-0.05, 0) is 24.3 Å². The van der Waals surface area contributed by atoms with Crippen LogP contribution in [0.15, 0.2) is 34.6 Å². The molecule has 4 N–H and O–H groups in total. The summed E-state index contributed by atoms with van der Waals surface area (Å²) in [6.07, 6.45) is 1.43. The second-order valence-corrected chi connectivity index (χ2v) is 3.04. The van der Waals surface area contributed by atoms with Gasteiger partial charge in [-0.1, -0.05) is 10.3 Å². The van der Waals surface area contributed by atoms with E-state index in [1.807, 2.05) is 0 Å². The predicted octanol–water partition coefficient (Wildman–Crippen LogP) is 0.484.